The summed E-state index contributed by atoms with van der Waals surface area (Å²) in [6.07, 6.45) is 4.83. The molecular formula is C20H32N2O6S2. The van der Waals surface area contributed by atoms with Gasteiger partial charge in [0.1, 0.15) is 12.1 Å². The number of carboxylic acid groups (broad SMARTS) is 2. The summed E-state index contributed by atoms with van der Waals surface area (Å²) in [5.74, 6) is -1.06. The standard InChI is InChI=1S/C20H32N2O6S2/c1-13-5-3-7-15(19(25)26)21(13)17(23)9-11-29-30-12-10-18(24)22-14(2)6-4-8-16(22)20(27)28/h13-16H,3-12H2,1-2H3,(H,25,26)(H,27,28)/t13-,14+,15-,16+. The number of hydrogen-bond acceptors (Lipinski definition) is 6. The van der Waals surface area contributed by atoms with Crippen LogP contribution in [0.25, 0.3) is 0 Å². The number of hydrogen-bond donors (Lipinski definition) is 2. The van der Waals surface area contributed by atoms with Gasteiger partial charge in [0, 0.05) is 36.4 Å². The third-order valence-corrected chi connectivity index (χ3v) is 8.26. The van der Waals surface area contributed by atoms with Gasteiger partial charge in [-0.25, -0.2) is 9.59 Å². The molecule has 0 aliphatic carbocycles. The van der Waals surface area contributed by atoms with Gasteiger partial charge in [-0.15, -0.1) is 0 Å². The molecule has 2 aliphatic heterocycles. The summed E-state index contributed by atoms with van der Waals surface area (Å²) in [6.45, 7) is 3.79. The molecule has 10 heteroatoms. The van der Waals surface area contributed by atoms with Crippen LogP contribution in [0.3, 0.4) is 0 Å². The molecule has 30 heavy (non-hydrogen) atoms. The van der Waals surface area contributed by atoms with E-state index >= 15 is 0 Å². The molecule has 170 valence electrons. The Morgan fingerprint density at radius 3 is 1.43 bits per heavy atom. The third kappa shape index (κ3) is 6.54. The predicted octanol–water partition coefficient (Wildman–Crippen LogP) is 2.86. The zero-order valence-electron chi connectivity index (χ0n) is 17.6. The summed E-state index contributed by atoms with van der Waals surface area (Å²) in [5, 5.41) is 18.7. The molecule has 2 aliphatic rings. The molecule has 0 spiro atoms. The van der Waals surface area contributed by atoms with Crippen LogP contribution in [-0.4, -0.2) is 79.4 Å². The fourth-order valence-electron chi connectivity index (χ4n) is 4.34. The van der Waals surface area contributed by atoms with Crippen molar-refractivity contribution in [2.45, 2.75) is 89.4 Å². The van der Waals surface area contributed by atoms with E-state index in [0.717, 1.165) is 25.7 Å². The molecule has 0 bridgehead atoms. The number of rotatable bonds is 9. The lowest BCUT2D eigenvalue weighted by atomic mass is 9.96. The fraction of sp³-hybridized carbons (Fsp3) is 0.800. The maximum Gasteiger partial charge on any atom is 0.326 e. The molecule has 2 N–H and O–H groups in total. The van der Waals surface area contributed by atoms with Crippen LogP contribution < -0.4 is 0 Å². The highest BCUT2D eigenvalue weighted by Gasteiger charge is 2.36. The Balaban J connectivity index is 1.71. The van der Waals surface area contributed by atoms with Gasteiger partial charge >= 0.3 is 11.9 Å². The van der Waals surface area contributed by atoms with Gasteiger partial charge in [0.05, 0.1) is 0 Å². The molecule has 0 radical (unpaired) electrons. The summed E-state index contributed by atoms with van der Waals surface area (Å²) in [6, 6.07) is -1.58. The Morgan fingerprint density at radius 1 is 0.733 bits per heavy atom. The predicted molar refractivity (Wildman–Crippen MR) is 117 cm³/mol. The Morgan fingerprint density at radius 2 is 1.10 bits per heavy atom. The SMILES string of the molecule is C[C@@H]1CCC[C@H](C(=O)O)N1C(=O)CCSSCCC(=O)N1[C@@H](C)CCC[C@H]1C(=O)O. The second-order valence-corrected chi connectivity index (χ2v) is 10.7. The molecular weight excluding hydrogens is 428 g/mol. The van der Waals surface area contributed by atoms with E-state index in [1.165, 1.54) is 31.4 Å². The Kier molecular flexibility index (Phi) is 9.80. The molecule has 2 rings (SSSR count). The number of aliphatic carboxylic acids is 2. The van der Waals surface area contributed by atoms with Crippen LogP contribution in [0.1, 0.15) is 65.2 Å². The van der Waals surface area contributed by atoms with E-state index in [1.54, 1.807) is 0 Å². The molecule has 0 aromatic carbocycles. The fourth-order valence-corrected chi connectivity index (χ4v) is 6.30. The average molecular weight is 461 g/mol. The molecule has 4 atom stereocenters. The lowest BCUT2D eigenvalue weighted by Crippen LogP contribution is -2.52. The first-order valence-corrected chi connectivity index (χ1v) is 13.0. The van der Waals surface area contributed by atoms with Crippen LogP contribution in [0, 0.1) is 0 Å². The van der Waals surface area contributed by atoms with Crippen molar-refractivity contribution in [2.75, 3.05) is 11.5 Å². The quantitative estimate of drug-likeness (QED) is 0.399. The van der Waals surface area contributed by atoms with Crippen molar-refractivity contribution >= 4 is 45.3 Å². The number of carbonyl (C=O) groups is 4. The number of nitrogens with zero attached hydrogens (tertiary/aromatic N) is 2. The smallest absolute Gasteiger partial charge is 0.326 e. The van der Waals surface area contributed by atoms with Gasteiger partial charge in [-0.3, -0.25) is 9.59 Å². The topological polar surface area (TPSA) is 115 Å². The molecule has 0 saturated carbocycles. The van der Waals surface area contributed by atoms with E-state index in [0.29, 0.717) is 24.3 Å². The molecule has 8 nitrogen and oxygen atoms in total. The van der Waals surface area contributed by atoms with Gasteiger partial charge in [0.25, 0.3) is 0 Å². The minimum atomic E-state index is -0.943. The summed E-state index contributed by atoms with van der Waals surface area (Å²) < 4.78 is 0. The first kappa shape index (κ1) is 24.8. The lowest BCUT2D eigenvalue weighted by Gasteiger charge is -2.38. The maximum atomic E-state index is 12.5. The minimum absolute atomic E-state index is 0.0589. The van der Waals surface area contributed by atoms with Gasteiger partial charge in [-0.05, 0) is 52.4 Å². The number of carbonyl (C=O) groups excluding carboxylic acids is 2. The van der Waals surface area contributed by atoms with Gasteiger partial charge in [0.15, 0.2) is 0 Å². The van der Waals surface area contributed by atoms with Gasteiger partial charge in [0.2, 0.25) is 11.8 Å². The zero-order valence-corrected chi connectivity index (χ0v) is 19.3. The van der Waals surface area contributed by atoms with E-state index in [9.17, 15) is 29.4 Å². The second-order valence-electron chi connectivity index (χ2n) is 8.01. The highest BCUT2D eigenvalue weighted by molar-refractivity contribution is 8.76. The summed E-state index contributed by atoms with van der Waals surface area (Å²) in [7, 11) is 2.98. The van der Waals surface area contributed by atoms with Crippen molar-refractivity contribution in [2.24, 2.45) is 0 Å². The van der Waals surface area contributed by atoms with Crippen LogP contribution in [0.4, 0.5) is 0 Å². The Bertz CT molecular complexity index is 593. The van der Waals surface area contributed by atoms with Crippen LogP contribution >= 0.6 is 21.6 Å². The van der Waals surface area contributed by atoms with E-state index in [-0.39, 0.29) is 36.7 Å². The van der Waals surface area contributed by atoms with Crippen LogP contribution in [0.5, 0.6) is 0 Å². The van der Waals surface area contributed by atoms with Crippen molar-refractivity contribution < 1.29 is 29.4 Å². The molecule has 0 unspecified atom stereocenters. The van der Waals surface area contributed by atoms with Crippen molar-refractivity contribution in [1.29, 1.82) is 0 Å². The largest absolute Gasteiger partial charge is 0.480 e. The second kappa shape index (κ2) is 11.8. The number of amides is 2. The lowest BCUT2D eigenvalue weighted by molar-refractivity contribution is -0.154. The average Bonchev–Trinajstić information content (AvgIpc) is 2.69. The van der Waals surface area contributed by atoms with E-state index in [1.807, 2.05) is 13.8 Å². The minimum Gasteiger partial charge on any atom is -0.480 e. The Hall–Kier alpha value is -1.42. The van der Waals surface area contributed by atoms with Crippen LogP contribution in [0.2, 0.25) is 0 Å². The highest BCUT2D eigenvalue weighted by atomic mass is 33.1. The first-order chi connectivity index (χ1) is 14.2. The van der Waals surface area contributed by atoms with Crippen molar-refractivity contribution in [1.82, 2.24) is 9.80 Å². The highest BCUT2D eigenvalue weighted by Crippen LogP contribution is 2.28. The van der Waals surface area contributed by atoms with E-state index in [4.69, 9.17) is 0 Å². The number of piperidine rings is 2. The van der Waals surface area contributed by atoms with E-state index in [2.05, 4.69) is 0 Å². The normalized spacial score (nSPS) is 27.0. The number of likely N-dealkylation sites (tertiary alicyclic amines) is 2. The van der Waals surface area contributed by atoms with Gasteiger partial charge in [-0.2, -0.15) is 0 Å². The monoisotopic (exact) mass is 460 g/mol. The van der Waals surface area contributed by atoms with Crippen LogP contribution in [0.15, 0.2) is 0 Å². The maximum absolute atomic E-state index is 12.5. The van der Waals surface area contributed by atoms with Crippen molar-refractivity contribution in [3.05, 3.63) is 0 Å². The number of carboxylic acids is 2. The molecule has 0 aromatic rings. The molecule has 2 fully saturated rings. The Labute approximate surface area is 185 Å². The zero-order chi connectivity index (χ0) is 22.3. The third-order valence-electron chi connectivity index (χ3n) is 5.85. The van der Waals surface area contributed by atoms with Crippen LogP contribution in [-0.2, 0) is 19.2 Å². The summed E-state index contributed by atoms with van der Waals surface area (Å²) in [4.78, 5) is 51.0. The van der Waals surface area contributed by atoms with Gasteiger partial charge in [-0.1, -0.05) is 21.6 Å². The van der Waals surface area contributed by atoms with Crippen molar-refractivity contribution in [3.63, 3.8) is 0 Å². The molecule has 2 amide bonds. The van der Waals surface area contributed by atoms with Gasteiger partial charge < -0.3 is 20.0 Å². The summed E-state index contributed by atoms with van der Waals surface area (Å²) >= 11 is 0. The molecule has 2 saturated heterocycles. The van der Waals surface area contributed by atoms with Crippen molar-refractivity contribution in [3.8, 4) is 0 Å². The first-order valence-electron chi connectivity index (χ1n) is 10.6. The van der Waals surface area contributed by atoms with E-state index < -0.39 is 24.0 Å². The molecule has 0 aromatic heterocycles. The summed E-state index contributed by atoms with van der Waals surface area (Å²) in [5.41, 5.74) is 0. The molecule has 2 heterocycles.